The maximum Gasteiger partial charge on any atom is 0.411 e. The number of benzene rings is 2. The number of methoxy groups -OCH3 is 1. The molecule has 2 fully saturated rings. The van der Waals surface area contributed by atoms with Gasteiger partial charge in [0.1, 0.15) is 11.6 Å². The molecule has 0 radical (unpaired) electrons. The molecule has 2 aliphatic rings. The molecule has 8 heteroatoms. The van der Waals surface area contributed by atoms with Crippen molar-refractivity contribution >= 4 is 11.8 Å². The first kappa shape index (κ1) is 24.5. The van der Waals surface area contributed by atoms with E-state index in [1.54, 1.807) is 12.1 Å². The van der Waals surface area contributed by atoms with Gasteiger partial charge in [-0.2, -0.15) is 0 Å². The third-order valence-electron chi connectivity index (χ3n) is 7.65. The van der Waals surface area contributed by atoms with E-state index in [4.69, 9.17) is 4.98 Å². The van der Waals surface area contributed by atoms with E-state index in [-0.39, 0.29) is 17.8 Å². The molecule has 1 amide bonds. The van der Waals surface area contributed by atoms with Gasteiger partial charge >= 0.3 is 6.09 Å². The molecule has 2 aliphatic heterocycles. The van der Waals surface area contributed by atoms with Crippen LogP contribution in [0.4, 0.5) is 14.9 Å². The Morgan fingerprint density at radius 3 is 2.53 bits per heavy atom. The summed E-state index contributed by atoms with van der Waals surface area (Å²) in [7, 11) is 1.34. The molecule has 3 atom stereocenters. The molecule has 3 aromatic rings. The van der Waals surface area contributed by atoms with Gasteiger partial charge in [0.2, 0.25) is 0 Å². The molecule has 3 unspecified atom stereocenters. The molecule has 0 bridgehead atoms. The number of piperidine rings is 2. The van der Waals surface area contributed by atoms with Crippen LogP contribution in [-0.4, -0.2) is 53.7 Å². The standard InChI is InChI=1S/C28H34FN5O2/c1-18-11-13-34(14-12-18)23-15-24(19-3-7-21(29)8-4-19)26(30-16-23)27-31-17-25(33-27)20-5-9-22(10-6-20)32-28(35)36-2/h3-10,17-18,23-24,26,30H,11-16H2,1-2H3,(H,31,33)(H,32,35). The minimum absolute atomic E-state index is 0.00411. The lowest BCUT2D eigenvalue weighted by molar-refractivity contribution is 0.0999. The van der Waals surface area contributed by atoms with E-state index in [2.05, 4.69) is 32.2 Å². The van der Waals surface area contributed by atoms with Crippen LogP contribution in [0.15, 0.2) is 54.7 Å². The summed E-state index contributed by atoms with van der Waals surface area (Å²) in [5.74, 6) is 1.63. The van der Waals surface area contributed by atoms with Crippen LogP contribution in [-0.2, 0) is 4.74 Å². The lowest BCUT2D eigenvalue weighted by Gasteiger charge is -2.44. The van der Waals surface area contributed by atoms with Gasteiger partial charge in [-0.1, -0.05) is 31.2 Å². The van der Waals surface area contributed by atoms with Crippen LogP contribution in [0.1, 0.15) is 49.5 Å². The number of likely N-dealkylation sites (tertiary alicyclic amines) is 1. The lowest BCUT2D eigenvalue weighted by Crippen LogP contribution is -2.51. The molecular formula is C28H34FN5O2. The first-order valence-corrected chi connectivity index (χ1v) is 12.7. The number of hydrogen-bond acceptors (Lipinski definition) is 5. The molecule has 7 nitrogen and oxygen atoms in total. The average molecular weight is 492 g/mol. The summed E-state index contributed by atoms with van der Waals surface area (Å²) in [5.41, 5.74) is 3.66. The Morgan fingerprint density at radius 2 is 1.83 bits per heavy atom. The van der Waals surface area contributed by atoms with Crippen LogP contribution in [0.25, 0.3) is 11.3 Å². The summed E-state index contributed by atoms with van der Waals surface area (Å²) in [5, 5.41) is 6.43. The van der Waals surface area contributed by atoms with Gasteiger partial charge < -0.3 is 15.0 Å². The maximum atomic E-state index is 13.7. The Hall–Kier alpha value is -3.23. The van der Waals surface area contributed by atoms with Gasteiger partial charge in [0, 0.05) is 24.2 Å². The first-order chi connectivity index (χ1) is 17.5. The van der Waals surface area contributed by atoms with Crippen LogP contribution in [0.2, 0.25) is 0 Å². The number of H-pyrrole nitrogens is 1. The normalized spacial score (nSPS) is 23.4. The number of amides is 1. The maximum absolute atomic E-state index is 13.7. The summed E-state index contributed by atoms with van der Waals surface area (Å²) in [6, 6.07) is 14.9. The van der Waals surface area contributed by atoms with Crippen molar-refractivity contribution in [2.75, 3.05) is 32.1 Å². The van der Waals surface area contributed by atoms with E-state index in [0.29, 0.717) is 11.7 Å². The van der Waals surface area contributed by atoms with E-state index in [1.807, 2.05) is 42.6 Å². The van der Waals surface area contributed by atoms with Gasteiger partial charge in [0.15, 0.2) is 0 Å². The van der Waals surface area contributed by atoms with Gasteiger partial charge in [-0.25, -0.2) is 14.2 Å². The van der Waals surface area contributed by atoms with E-state index >= 15 is 0 Å². The topological polar surface area (TPSA) is 82.3 Å². The smallest absolute Gasteiger partial charge is 0.411 e. The number of carbonyl (C=O) groups is 1. The molecule has 3 heterocycles. The van der Waals surface area contributed by atoms with Crippen molar-refractivity contribution in [3.05, 3.63) is 71.9 Å². The fraction of sp³-hybridized carbons (Fsp3) is 0.429. The number of halogens is 1. The number of aromatic nitrogens is 2. The predicted molar refractivity (Wildman–Crippen MR) is 138 cm³/mol. The Bertz CT molecular complexity index is 1160. The van der Waals surface area contributed by atoms with Gasteiger partial charge in [-0.05, 0) is 73.7 Å². The number of aromatic amines is 1. The Balaban J connectivity index is 1.36. The highest BCUT2D eigenvalue weighted by molar-refractivity contribution is 5.84. The van der Waals surface area contributed by atoms with Gasteiger partial charge in [-0.15, -0.1) is 0 Å². The van der Waals surface area contributed by atoms with Gasteiger partial charge in [-0.3, -0.25) is 10.2 Å². The van der Waals surface area contributed by atoms with Crippen LogP contribution in [0.3, 0.4) is 0 Å². The Morgan fingerprint density at radius 1 is 1.11 bits per heavy atom. The Labute approximate surface area is 211 Å². The second-order valence-corrected chi connectivity index (χ2v) is 10.0. The number of hydrogen-bond donors (Lipinski definition) is 3. The summed E-state index contributed by atoms with van der Waals surface area (Å²) < 4.78 is 18.4. The monoisotopic (exact) mass is 491 g/mol. The zero-order valence-electron chi connectivity index (χ0n) is 20.8. The van der Waals surface area contributed by atoms with Crippen molar-refractivity contribution in [1.29, 1.82) is 0 Å². The highest BCUT2D eigenvalue weighted by atomic mass is 19.1. The summed E-state index contributed by atoms with van der Waals surface area (Å²) in [6.07, 6.45) is 4.84. The summed E-state index contributed by atoms with van der Waals surface area (Å²) in [6.45, 7) is 5.52. The molecule has 2 aromatic carbocycles. The second-order valence-electron chi connectivity index (χ2n) is 10.0. The third-order valence-corrected chi connectivity index (χ3v) is 7.65. The van der Waals surface area contributed by atoms with Crippen molar-refractivity contribution in [3.63, 3.8) is 0 Å². The molecule has 0 aliphatic carbocycles. The van der Waals surface area contributed by atoms with Crippen molar-refractivity contribution in [1.82, 2.24) is 20.2 Å². The predicted octanol–water partition coefficient (Wildman–Crippen LogP) is 5.31. The zero-order valence-corrected chi connectivity index (χ0v) is 20.8. The zero-order chi connectivity index (χ0) is 25.1. The molecule has 3 N–H and O–H groups in total. The van der Waals surface area contributed by atoms with Crippen molar-refractivity contribution in [2.45, 2.75) is 44.2 Å². The van der Waals surface area contributed by atoms with Crippen molar-refractivity contribution in [3.8, 4) is 11.3 Å². The van der Waals surface area contributed by atoms with Crippen molar-refractivity contribution in [2.24, 2.45) is 5.92 Å². The fourth-order valence-electron chi connectivity index (χ4n) is 5.46. The number of nitrogens with one attached hydrogen (secondary N) is 3. The molecule has 190 valence electrons. The Kier molecular flexibility index (Phi) is 7.34. The highest BCUT2D eigenvalue weighted by Crippen LogP contribution is 2.39. The van der Waals surface area contributed by atoms with E-state index in [1.165, 1.54) is 20.0 Å². The number of nitrogens with zero attached hydrogens (tertiary/aromatic N) is 2. The fourth-order valence-corrected chi connectivity index (χ4v) is 5.46. The third kappa shape index (κ3) is 5.44. The number of ether oxygens (including phenoxy) is 1. The summed E-state index contributed by atoms with van der Waals surface area (Å²) in [4.78, 5) is 22.3. The van der Waals surface area contributed by atoms with Crippen molar-refractivity contribution < 1.29 is 13.9 Å². The van der Waals surface area contributed by atoms with E-state index in [9.17, 15) is 9.18 Å². The van der Waals surface area contributed by atoms with E-state index in [0.717, 1.165) is 54.6 Å². The number of imidazole rings is 1. The number of carbonyl (C=O) groups excluding carboxylic acids is 1. The molecule has 0 spiro atoms. The minimum Gasteiger partial charge on any atom is -0.453 e. The van der Waals surface area contributed by atoms with Crippen LogP contribution in [0, 0.1) is 11.7 Å². The SMILES string of the molecule is COC(=O)Nc1ccc(-c2cnc(C3NCC(N4CCC(C)CC4)CC3c3ccc(F)cc3)[nH]2)cc1. The second kappa shape index (κ2) is 10.8. The van der Waals surface area contributed by atoms with Gasteiger partial charge in [0.05, 0.1) is 25.0 Å². The first-order valence-electron chi connectivity index (χ1n) is 12.7. The molecule has 5 rings (SSSR count). The molecule has 1 aromatic heterocycles. The van der Waals surface area contributed by atoms with Crippen LogP contribution in [0.5, 0.6) is 0 Å². The molecule has 2 saturated heterocycles. The van der Waals surface area contributed by atoms with Crippen LogP contribution >= 0.6 is 0 Å². The number of anilines is 1. The minimum atomic E-state index is -0.501. The number of rotatable bonds is 5. The van der Waals surface area contributed by atoms with E-state index < -0.39 is 6.09 Å². The molecule has 0 saturated carbocycles. The molecule has 36 heavy (non-hydrogen) atoms. The largest absolute Gasteiger partial charge is 0.453 e. The van der Waals surface area contributed by atoms with Crippen LogP contribution < -0.4 is 10.6 Å². The van der Waals surface area contributed by atoms with Gasteiger partial charge in [0.25, 0.3) is 0 Å². The average Bonchev–Trinajstić information content (AvgIpc) is 3.40. The quantitative estimate of drug-likeness (QED) is 0.450. The lowest BCUT2D eigenvalue weighted by atomic mass is 9.81. The summed E-state index contributed by atoms with van der Waals surface area (Å²) >= 11 is 0. The highest BCUT2D eigenvalue weighted by Gasteiger charge is 2.37. The molecular weight excluding hydrogens is 457 g/mol.